The van der Waals surface area contributed by atoms with Crippen LogP contribution in [-0.4, -0.2) is 18.0 Å². The number of halogens is 1. The maximum atomic E-state index is 3.10. The van der Waals surface area contributed by atoms with Gasteiger partial charge in [-0.3, -0.25) is 0 Å². The minimum atomic E-state index is 1.81. The van der Waals surface area contributed by atoms with Gasteiger partial charge in [0.05, 0.1) is 0 Å². The molecule has 0 bridgehead atoms. The van der Waals surface area contributed by atoms with Crippen LogP contribution in [0.15, 0.2) is 0 Å². The van der Waals surface area contributed by atoms with E-state index in [0.29, 0.717) is 0 Å². The van der Waals surface area contributed by atoms with Crippen LogP contribution in [0.1, 0.15) is 0 Å². The quantitative estimate of drug-likeness (QED) is 0.433. The molecular weight excluding hydrogens is 118 g/mol. The zero-order chi connectivity index (χ0) is 3.58. The fourth-order valence-electron chi connectivity index (χ4n) is 0. The van der Waals surface area contributed by atoms with Gasteiger partial charge in [0.25, 0.3) is 0 Å². The minimum Gasteiger partial charge on any atom is -0.249 e. The highest BCUT2D eigenvalue weighted by atomic mass is 79.9. The Labute approximate surface area is 34.9 Å². The van der Waals surface area contributed by atoms with E-state index >= 15 is 0 Å². The normalized spacial score (nSPS) is 9.00. The largest absolute Gasteiger partial charge is 0.249 e. The van der Waals surface area contributed by atoms with Gasteiger partial charge in [0.15, 0.2) is 0 Å². The van der Waals surface area contributed by atoms with Crippen molar-refractivity contribution in [1.82, 2.24) is 3.93 Å². The van der Waals surface area contributed by atoms with Gasteiger partial charge in [0, 0.05) is 16.1 Å². The molecule has 0 aliphatic rings. The van der Waals surface area contributed by atoms with Gasteiger partial charge >= 0.3 is 0 Å². The molecule has 0 atom stereocenters. The van der Waals surface area contributed by atoms with Gasteiger partial charge in [0.1, 0.15) is 0 Å². The predicted octanol–water partition coefficient (Wildman–Crippen LogP) is 0.858. The summed E-state index contributed by atoms with van der Waals surface area (Å²) < 4.78 is 1.81. The Bertz CT molecular complexity index is 10.8. The number of hydrogen-bond acceptors (Lipinski definition) is 1. The summed E-state index contributed by atoms with van der Waals surface area (Å²) >= 11 is 3.10. The Hall–Kier alpha value is 0.440. The minimum absolute atomic E-state index is 1.81. The molecule has 0 saturated carbocycles. The molecule has 0 aliphatic carbocycles. The predicted molar refractivity (Wildman–Crippen MR) is 22.6 cm³/mol. The fourth-order valence-corrected chi connectivity index (χ4v) is 0. The molecule has 0 aromatic carbocycles. The van der Waals surface area contributed by atoms with E-state index in [1.54, 1.807) is 0 Å². The molecule has 0 unspecified atom stereocenters. The molecule has 0 spiro atoms. The summed E-state index contributed by atoms with van der Waals surface area (Å²) in [6, 6.07) is 0. The first-order valence-corrected chi connectivity index (χ1v) is 1.77. The Balaban J connectivity index is 2.32. The molecule has 0 aliphatic heterocycles. The maximum absolute atomic E-state index is 3.10. The van der Waals surface area contributed by atoms with Crippen molar-refractivity contribution < 1.29 is 0 Å². The first-order chi connectivity index (χ1) is 1.73. The summed E-state index contributed by atoms with van der Waals surface area (Å²) in [4.78, 5) is 0. The van der Waals surface area contributed by atoms with E-state index in [4.69, 9.17) is 0 Å². The van der Waals surface area contributed by atoms with Crippen molar-refractivity contribution in [3.8, 4) is 0 Å². The summed E-state index contributed by atoms with van der Waals surface area (Å²) in [5.74, 6) is 0. The van der Waals surface area contributed by atoms with Crippen LogP contribution in [0.3, 0.4) is 0 Å². The van der Waals surface area contributed by atoms with Crippen molar-refractivity contribution in [2.45, 2.75) is 0 Å². The standard InChI is InChI=1S/C2H6BrN/c1-4(2)3/h1-2H3. The number of nitrogens with zero attached hydrogens (tertiary/aromatic N) is 1. The average molecular weight is 124 g/mol. The van der Waals surface area contributed by atoms with Gasteiger partial charge < -0.3 is 0 Å². The Morgan fingerprint density at radius 2 is 1.50 bits per heavy atom. The van der Waals surface area contributed by atoms with Crippen molar-refractivity contribution in [1.29, 1.82) is 0 Å². The van der Waals surface area contributed by atoms with E-state index in [1.165, 1.54) is 0 Å². The Morgan fingerprint density at radius 1 is 1.50 bits per heavy atom. The Kier molecular flexibility index (Phi) is 1.92. The fraction of sp³-hybridized carbons (Fsp3) is 1.00. The molecule has 0 fully saturated rings. The van der Waals surface area contributed by atoms with Gasteiger partial charge in [0.2, 0.25) is 0 Å². The summed E-state index contributed by atoms with van der Waals surface area (Å²) in [5, 5.41) is 0. The molecule has 0 radical (unpaired) electrons. The van der Waals surface area contributed by atoms with E-state index in [0.717, 1.165) is 0 Å². The molecule has 0 heterocycles. The van der Waals surface area contributed by atoms with Gasteiger partial charge in [-0.15, -0.1) is 0 Å². The van der Waals surface area contributed by atoms with Crippen molar-refractivity contribution >= 4 is 16.1 Å². The van der Waals surface area contributed by atoms with E-state index in [2.05, 4.69) is 16.1 Å². The van der Waals surface area contributed by atoms with Crippen LogP contribution in [0.4, 0.5) is 0 Å². The molecule has 0 saturated heterocycles. The second-order valence-corrected chi connectivity index (χ2v) is 2.20. The summed E-state index contributed by atoms with van der Waals surface area (Å²) in [7, 11) is 3.83. The molecule has 0 aromatic rings. The second-order valence-electron chi connectivity index (χ2n) is 0.785. The topological polar surface area (TPSA) is 3.24 Å². The summed E-state index contributed by atoms with van der Waals surface area (Å²) in [6.45, 7) is 0. The third-order valence-corrected chi connectivity index (χ3v) is 0. The van der Waals surface area contributed by atoms with Crippen molar-refractivity contribution in [2.24, 2.45) is 0 Å². The summed E-state index contributed by atoms with van der Waals surface area (Å²) in [5.41, 5.74) is 0. The SMILES string of the molecule is CN(C)Br. The number of rotatable bonds is 0. The van der Waals surface area contributed by atoms with Crippen LogP contribution in [0.25, 0.3) is 0 Å². The van der Waals surface area contributed by atoms with E-state index in [1.807, 2.05) is 18.0 Å². The maximum Gasteiger partial charge on any atom is 0.0114 e. The van der Waals surface area contributed by atoms with Crippen molar-refractivity contribution in [2.75, 3.05) is 14.1 Å². The van der Waals surface area contributed by atoms with Crippen LogP contribution in [0, 0.1) is 0 Å². The molecule has 0 amide bonds. The van der Waals surface area contributed by atoms with Gasteiger partial charge in [-0.2, -0.15) is 0 Å². The van der Waals surface area contributed by atoms with E-state index in [-0.39, 0.29) is 0 Å². The van der Waals surface area contributed by atoms with Crippen molar-refractivity contribution in [3.05, 3.63) is 0 Å². The molecule has 0 rings (SSSR count). The van der Waals surface area contributed by atoms with Crippen LogP contribution in [0.2, 0.25) is 0 Å². The van der Waals surface area contributed by atoms with Crippen molar-refractivity contribution in [3.63, 3.8) is 0 Å². The molecule has 1 nitrogen and oxygen atoms in total. The molecule has 0 aromatic heterocycles. The van der Waals surface area contributed by atoms with E-state index in [9.17, 15) is 0 Å². The third kappa shape index (κ3) is 26.1. The zero-order valence-electron chi connectivity index (χ0n) is 2.83. The van der Waals surface area contributed by atoms with Gasteiger partial charge in [-0.05, 0) is 14.1 Å². The first-order valence-electron chi connectivity index (χ1n) is 1.06. The smallest absolute Gasteiger partial charge is 0.0114 e. The second kappa shape index (κ2) is 1.73. The molecule has 4 heavy (non-hydrogen) atoms. The monoisotopic (exact) mass is 123 g/mol. The average Bonchev–Trinajstić information content (AvgIpc) is 0.811. The molecule has 2 heteroatoms. The third-order valence-electron chi connectivity index (χ3n) is 0. The lowest BCUT2D eigenvalue weighted by Crippen LogP contribution is -1.88. The summed E-state index contributed by atoms with van der Waals surface area (Å²) in [6.07, 6.45) is 0. The lowest BCUT2D eigenvalue weighted by atomic mass is 11.3. The molecular formula is C2H6BrN. The van der Waals surface area contributed by atoms with Gasteiger partial charge in [-0.25, -0.2) is 3.93 Å². The first kappa shape index (κ1) is 4.44. The lowest BCUT2D eigenvalue weighted by Gasteiger charge is -1.86. The van der Waals surface area contributed by atoms with Crippen LogP contribution in [-0.2, 0) is 0 Å². The number of hydrogen-bond donors (Lipinski definition) is 0. The van der Waals surface area contributed by atoms with Crippen LogP contribution in [0.5, 0.6) is 0 Å². The van der Waals surface area contributed by atoms with E-state index < -0.39 is 0 Å². The van der Waals surface area contributed by atoms with Crippen LogP contribution < -0.4 is 0 Å². The molecule has 0 N–H and O–H groups in total. The Morgan fingerprint density at radius 3 is 1.50 bits per heavy atom. The highest BCUT2D eigenvalue weighted by Crippen LogP contribution is 1.77. The zero-order valence-corrected chi connectivity index (χ0v) is 4.41. The lowest BCUT2D eigenvalue weighted by molar-refractivity contribution is 0.729. The highest BCUT2D eigenvalue weighted by Gasteiger charge is 1.61. The van der Waals surface area contributed by atoms with Crippen LogP contribution >= 0.6 is 16.1 Å². The van der Waals surface area contributed by atoms with Gasteiger partial charge in [-0.1, -0.05) is 0 Å². The molecule has 26 valence electrons. The highest BCUT2D eigenvalue weighted by molar-refractivity contribution is 9.07.